The monoisotopic (exact) mass is 236 g/mol. The SMILES string of the molecule is CCCNS(=O)(=O)NCC1(CCO)CC1. The quantitative estimate of drug-likeness (QED) is 0.554. The second kappa shape index (κ2) is 5.25. The van der Waals surface area contributed by atoms with E-state index in [4.69, 9.17) is 5.11 Å². The van der Waals surface area contributed by atoms with Crippen LogP contribution in [0.25, 0.3) is 0 Å². The Morgan fingerprint density at radius 2 is 2.00 bits per heavy atom. The first-order valence-corrected chi connectivity index (χ1v) is 6.87. The molecule has 0 aromatic rings. The summed E-state index contributed by atoms with van der Waals surface area (Å²) in [7, 11) is -3.34. The first-order valence-electron chi connectivity index (χ1n) is 5.39. The molecule has 0 saturated heterocycles. The van der Waals surface area contributed by atoms with Crippen LogP contribution in [0.1, 0.15) is 32.6 Å². The Morgan fingerprint density at radius 3 is 2.47 bits per heavy atom. The van der Waals surface area contributed by atoms with Gasteiger partial charge in [-0.2, -0.15) is 8.42 Å². The number of nitrogens with one attached hydrogen (secondary N) is 2. The minimum atomic E-state index is -3.34. The van der Waals surface area contributed by atoms with Crippen molar-refractivity contribution in [1.29, 1.82) is 0 Å². The molecule has 0 bridgehead atoms. The second-order valence-electron chi connectivity index (χ2n) is 4.19. The molecule has 1 saturated carbocycles. The molecule has 15 heavy (non-hydrogen) atoms. The summed E-state index contributed by atoms with van der Waals surface area (Å²) < 4.78 is 27.7. The molecule has 1 rings (SSSR count). The van der Waals surface area contributed by atoms with Crippen LogP contribution in [0.15, 0.2) is 0 Å². The van der Waals surface area contributed by atoms with Gasteiger partial charge in [0.2, 0.25) is 0 Å². The van der Waals surface area contributed by atoms with Crippen molar-refractivity contribution in [3.8, 4) is 0 Å². The van der Waals surface area contributed by atoms with Gasteiger partial charge in [0.1, 0.15) is 0 Å². The number of aliphatic hydroxyl groups excluding tert-OH is 1. The largest absolute Gasteiger partial charge is 0.396 e. The van der Waals surface area contributed by atoms with Crippen LogP contribution < -0.4 is 9.44 Å². The Bertz CT molecular complexity index is 286. The number of aliphatic hydroxyl groups is 1. The van der Waals surface area contributed by atoms with Gasteiger partial charge in [-0.05, 0) is 31.1 Å². The smallest absolute Gasteiger partial charge is 0.276 e. The van der Waals surface area contributed by atoms with Crippen molar-refractivity contribution in [2.75, 3.05) is 19.7 Å². The molecule has 3 N–H and O–H groups in total. The zero-order chi connectivity index (χ0) is 11.4. The van der Waals surface area contributed by atoms with Crippen molar-refractivity contribution in [3.05, 3.63) is 0 Å². The molecule has 0 aliphatic heterocycles. The fourth-order valence-electron chi connectivity index (χ4n) is 1.46. The van der Waals surface area contributed by atoms with Crippen molar-refractivity contribution in [1.82, 2.24) is 9.44 Å². The molecule has 0 radical (unpaired) electrons. The van der Waals surface area contributed by atoms with Crippen LogP contribution in [0.4, 0.5) is 0 Å². The maximum absolute atomic E-state index is 11.4. The Hall–Kier alpha value is -0.170. The van der Waals surface area contributed by atoms with E-state index in [0.717, 1.165) is 19.3 Å². The number of hydrogen-bond acceptors (Lipinski definition) is 3. The normalized spacial score (nSPS) is 19.1. The molecule has 90 valence electrons. The molecule has 1 fully saturated rings. The molecule has 1 aliphatic rings. The third-order valence-corrected chi connectivity index (χ3v) is 3.89. The van der Waals surface area contributed by atoms with Crippen molar-refractivity contribution < 1.29 is 13.5 Å². The molecular weight excluding hydrogens is 216 g/mol. The maximum Gasteiger partial charge on any atom is 0.276 e. The molecule has 6 heteroatoms. The third-order valence-electron chi connectivity index (χ3n) is 2.78. The lowest BCUT2D eigenvalue weighted by molar-refractivity contribution is 0.249. The highest BCUT2D eigenvalue weighted by atomic mass is 32.2. The highest BCUT2D eigenvalue weighted by Gasteiger charge is 2.42. The van der Waals surface area contributed by atoms with Gasteiger partial charge >= 0.3 is 0 Å². The fourth-order valence-corrected chi connectivity index (χ4v) is 2.54. The average Bonchev–Trinajstić information content (AvgIpc) is 2.94. The Balaban J connectivity index is 2.30. The summed E-state index contributed by atoms with van der Waals surface area (Å²) in [5.74, 6) is 0. The van der Waals surface area contributed by atoms with Crippen molar-refractivity contribution >= 4 is 10.2 Å². The van der Waals surface area contributed by atoms with E-state index in [1.807, 2.05) is 6.92 Å². The van der Waals surface area contributed by atoms with E-state index < -0.39 is 10.2 Å². The lowest BCUT2D eigenvalue weighted by Gasteiger charge is -2.14. The van der Waals surface area contributed by atoms with Gasteiger partial charge in [-0.3, -0.25) is 0 Å². The van der Waals surface area contributed by atoms with Crippen LogP contribution in [-0.4, -0.2) is 33.2 Å². The fraction of sp³-hybridized carbons (Fsp3) is 1.00. The topological polar surface area (TPSA) is 78.4 Å². The molecule has 0 heterocycles. The van der Waals surface area contributed by atoms with E-state index >= 15 is 0 Å². The second-order valence-corrected chi connectivity index (χ2v) is 5.78. The van der Waals surface area contributed by atoms with E-state index in [-0.39, 0.29) is 12.0 Å². The highest BCUT2D eigenvalue weighted by molar-refractivity contribution is 7.87. The number of rotatable bonds is 8. The molecule has 0 amide bonds. The van der Waals surface area contributed by atoms with Gasteiger partial charge < -0.3 is 5.11 Å². The van der Waals surface area contributed by atoms with Crippen LogP contribution in [-0.2, 0) is 10.2 Å². The molecule has 0 unspecified atom stereocenters. The van der Waals surface area contributed by atoms with Crippen LogP contribution in [0.5, 0.6) is 0 Å². The third kappa shape index (κ3) is 4.46. The average molecular weight is 236 g/mol. The van der Waals surface area contributed by atoms with Gasteiger partial charge in [0, 0.05) is 19.7 Å². The number of hydrogen-bond donors (Lipinski definition) is 3. The van der Waals surface area contributed by atoms with Crippen molar-refractivity contribution in [2.45, 2.75) is 32.6 Å². The van der Waals surface area contributed by atoms with Gasteiger partial charge in [0.05, 0.1) is 0 Å². The molecule has 0 aromatic heterocycles. The van der Waals surface area contributed by atoms with E-state index in [1.54, 1.807) is 0 Å². The summed E-state index contributed by atoms with van der Waals surface area (Å²) in [4.78, 5) is 0. The standard InChI is InChI=1S/C9H20N2O3S/c1-2-6-10-15(13,14)11-8-9(3-4-9)5-7-12/h10-12H,2-8H2,1H3. The summed E-state index contributed by atoms with van der Waals surface area (Å²) in [5, 5.41) is 8.82. The van der Waals surface area contributed by atoms with Gasteiger partial charge in [0.15, 0.2) is 0 Å². The molecule has 1 aliphatic carbocycles. The van der Waals surface area contributed by atoms with E-state index in [0.29, 0.717) is 19.5 Å². The van der Waals surface area contributed by atoms with Crippen LogP contribution >= 0.6 is 0 Å². The zero-order valence-corrected chi connectivity index (χ0v) is 9.94. The molecule has 5 nitrogen and oxygen atoms in total. The van der Waals surface area contributed by atoms with Crippen molar-refractivity contribution in [2.24, 2.45) is 5.41 Å². The maximum atomic E-state index is 11.4. The van der Waals surface area contributed by atoms with Gasteiger partial charge in [-0.15, -0.1) is 0 Å². The summed E-state index contributed by atoms with van der Waals surface area (Å²) in [6.45, 7) is 2.94. The first kappa shape index (κ1) is 12.9. The van der Waals surface area contributed by atoms with Crippen LogP contribution in [0, 0.1) is 5.41 Å². The summed E-state index contributed by atoms with van der Waals surface area (Å²) >= 11 is 0. The van der Waals surface area contributed by atoms with Crippen LogP contribution in [0.3, 0.4) is 0 Å². The summed E-state index contributed by atoms with van der Waals surface area (Å²) in [6, 6.07) is 0. The Labute approximate surface area is 91.4 Å². The molecule has 0 atom stereocenters. The lowest BCUT2D eigenvalue weighted by Crippen LogP contribution is -2.40. The van der Waals surface area contributed by atoms with E-state index in [1.165, 1.54) is 0 Å². The van der Waals surface area contributed by atoms with Gasteiger partial charge in [0.25, 0.3) is 10.2 Å². The molecule has 0 spiro atoms. The molecule has 0 aromatic carbocycles. The minimum Gasteiger partial charge on any atom is -0.396 e. The first-order chi connectivity index (χ1) is 7.04. The highest BCUT2D eigenvalue weighted by Crippen LogP contribution is 2.47. The zero-order valence-electron chi connectivity index (χ0n) is 9.12. The lowest BCUT2D eigenvalue weighted by atomic mass is 10.0. The van der Waals surface area contributed by atoms with E-state index in [2.05, 4.69) is 9.44 Å². The van der Waals surface area contributed by atoms with Gasteiger partial charge in [-0.25, -0.2) is 9.44 Å². The van der Waals surface area contributed by atoms with E-state index in [9.17, 15) is 8.42 Å². The molecular formula is C9H20N2O3S. The minimum absolute atomic E-state index is 0.0235. The van der Waals surface area contributed by atoms with Crippen molar-refractivity contribution in [3.63, 3.8) is 0 Å². The summed E-state index contributed by atoms with van der Waals surface area (Å²) in [5.41, 5.74) is 0.0235. The van der Waals surface area contributed by atoms with Gasteiger partial charge in [-0.1, -0.05) is 6.92 Å². The Morgan fingerprint density at radius 1 is 1.33 bits per heavy atom. The predicted molar refractivity (Wildman–Crippen MR) is 58.6 cm³/mol. The Kier molecular flexibility index (Phi) is 4.51. The predicted octanol–water partition coefficient (Wildman–Crippen LogP) is -0.0170. The summed E-state index contributed by atoms with van der Waals surface area (Å²) in [6.07, 6.45) is 3.47. The van der Waals surface area contributed by atoms with Crippen LogP contribution in [0.2, 0.25) is 0 Å².